The second-order valence-electron chi connectivity index (χ2n) is 5.19. The molecular weight excluding hydrogens is 278 g/mol. The van der Waals surface area contributed by atoms with Crippen molar-refractivity contribution < 1.29 is 9.21 Å². The fourth-order valence-corrected chi connectivity index (χ4v) is 2.76. The molecule has 0 unspecified atom stereocenters. The van der Waals surface area contributed by atoms with E-state index in [2.05, 4.69) is 4.98 Å². The average molecular weight is 289 g/mol. The van der Waals surface area contributed by atoms with Crippen molar-refractivity contribution in [2.45, 2.75) is 6.92 Å². The lowest BCUT2D eigenvalue weighted by Gasteiger charge is -2.11. The van der Waals surface area contributed by atoms with E-state index < -0.39 is 0 Å². The third-order valence-corrected chi connectivity index (χ3v) is 3.76. The molecule has 2 aromatic carbocycles. The standard InChI is InChI=1S/C18H11NO3/c1-10(20)11-5-4-6-12-14(21)9-16-18(17(11)12)19-13-7-2-3-8-15(13)22-16/h2-9H,1H3. The molecule has 1 heterocycles. The highest BCUT2D eigenvalue weighted by Crippen LogP contribution is 2.32. The number of para-hydroxylation sites is 2. The van der Waals surface area contributed by atoms with Gasteiger partial charge in [-0.15, -0.1) is 0 Å². The summed E-state index contributed by atoms with van der Waals surface area (Å²) in [5, 5.41) is 1.05. The quantitative estimate of drug-likeness (QED) is 0.305. The Morgan fingerprint density at radius 3 is 2.73 bits per heavy atom. The molecular formula is C18H11NO3. The van der Waals surface area contributed by atoms with Gasteiger partial charge in [0.25, 0.3) is 0 Å². The van der Waals surface area contributed by atoms with Gasteiger partial charge in [-0.05, 0) is 19.1 Å². The van der Waals surface area contributed by atoms with Crippen LogP contribution in [-0.2, 0) is 0 Å². The number of rotatable bonds is 1. The lowest BCUT2D eigenvalue weighted by atomic mass is 9.97. The molecule has 1 aliphatic carbocycles. The first-order valence-electron chi connectivity index (χ1n) is 6.91. The number of hydrogen-bond donors (Lipinski definition) is 0. The van der Waals surface area contributed by atoms with Gasteiger partial charge >= 0.3 is 0 Å². The highest BCUT2D eigenvalue weighted by atomic mass is 16.3. The zero-order valence-electron chi connectivity index (χ0n) is 11.8. The van der Waals surface area contributed by atoms with Gasteiger partial charge in [-0.3, -0.25) is 9.59 Å². The predicted molar refractivity (Wildman–Crippen MR) is 84.4 cm³/mol. The van der Waals surface area contributed by atoms with Crippen molar-refractivity contribution in [2.24, 2.45) is 0 Å². The molecule has 0 saturated heterocycles. The summed E-state index contributed by atoms with van der Waals surface area (Å²) in [5.74, 6) is 0.289. The van der Waals surface area contributed by atoms with Crippen molar-refractivity contribution in [2.75, 3.05) is 0 Å². The molecule has 0 bridgehead atoms. The summed E-state index contributed by atoms with van der Waals surface area (Å²) in [6, 6.07) is 13.9. The third-order valence-electron chi connectivity index (χ3n) is 3.76. The van der Waals surface area contributed by atoms with E-state index in [0.29, 0.717) is 38.9 Å². The summed E-state index contributed by atoms with van der Waals surface area (Å²) in [5.41, 5.74) is 2.14. The van der Waals surface area contributed by atoms with Crippen molar-refractivity contribution in [3.05, 3.63) is 64.3 Å². The summed E-state index contributed by atoms with van der Waals surface area (Å²) < 4.78 is 5.80. The molecule has 2 aliphatic rings. The number of hydrogen-bond acceptors (Lipinski definition) is 4. The van der Waals surface area contributed by atoms with Gasteiger partial charge in [0.15, 0.2) is 22.6 Å². The maximum Gasteiger partial charge on any atom is 0.190 e. The van der Waals surface area contributed by atoms with Crippen LogP contribution in [0.3, 0.4) is 0 Å². The molecule has 0 amide bonds. The summed E-state index contributed by atoms with van der Waals surface area (Å²) in [7, 11) is 0. The van der Waals surface area contributed by atoms with Crippen LogP contribution in [0.5, 0.6) is 0 Å². The third kappa shape index (κ3) is 1.74. The molecule has 4 nitrogen and oxygen atoms in total. The molecule has 0 spiro atoms. The van der Waals surface area contributed by atoms with E-state index in [4.69, 9.17) is 4.42 Å². The molecule has 0 N–H and O–H groups in total. The van der Waals surface area contributed by atoms with Gasteiger partial charge in [0.2, 0.25) is 0 Å². The first-order chi connectivity index (χ1) is 10.6. The first-order valence-corrected chi connectivity index (χ1v) is 6.91. The lowest BCUT2D eigenvalue weighted by molar-refractivity contribution is 0.101. The topological polar surface area (TPSA) is 60.2 Å². The molecule has 106 valence electrons. The Morgan fingerprint density at radius 1 is 1.09 bits per heavy atom. The average Bonchev–Trinajstić information content (AvgIpc) is 2.53. The largest absolute Gasteiger partial charge is 0.453 e. The maximum atomic E-state index is 12.3. The molecule has 2 aromatic rings. The minimum atomic E-state index is -0.175. The van der Waals surface area contributed by atoms with Gasteiger partial charge in [-0.2, -0.15) is 0 Å². The minimum absolute atomic E-state index is 0.104. The van der Waals surface area contributed by atoms with Crippen LogP contribution in [-0.4, -0.2) is 10.8 Å². The lowest BCUT2D eigenvalue weighted by Crippen LogP contribution is -2.07. The van der Waals surface area contributed by atoms with Crippen molar-refractivity contribution in [1.29, 1.82) is 0 Å². The van der Waals surface area contributed by atoms with E-state index in [-0.39, 0.29) is 11.2 Å². The predicted octanol–water partition coefficient (Wildman–Crippen LogP) is 3.65. The van der Waals surface area contributed by atoms with Crippen LogP contribution in [0.1, 0.15) is 17.3 Å². The second-order valence-corrected chi connectivity index (χ2v) is 5.19. The Bertz CT molecular complexity index is 1080. The molecule has 0 fully saturated rings. The Kier molecular flexibility index (Phi) is 2.60. The van der Waals surface area contributed by atoms with Crippen LogP contribution in [0, 0.1) is 0 Å². The monoisotopic (exact) mass is 289 g/mol. The van der Waals surface area contributed by atoms with E-state index in [9.17, 15) is 9.59 Å². The van der Waals surface area contributed by atoms with Gasteiger partial charge in [-0.25, -0.2) is 4.98 Å². The SMILES string of the molecule is CC(=O)c1cccc2c(=O)cc3oc4ccccc4nc-3c12. The molecule has 4 heteroatoms. The molecule has 0 atom stereocenters. The summed E-state index contributed by atoms with van der Waals surface area (Å²) in [4.78, 5) is 28.8. The molecule has 0 aromatic heterocycles. The molecule has 1 aliphatic heterocycles. The first kappa shape index (κ1) is 12.7. The maximum absolute atomic E-state index is 12.3. The van der Waals surface area contributed by atoms with Gasteiger partial charge in [0.05, 0.1) is 0 Å². The van der Waals surface area contributed by atoms with Crippen LogP contribution < -0.4 is 5.43 Å². The second kappa shape index (κ2) is 4.49. The summed E-state index contributed by atoms with van der Waals surface area (Å²) in [6.45, 7) is 1.48. The number of aromatic nitrogens is 1. The van der Waals surface area contributed by atoms with Gasteiger partial charge in [0, 0.05) is 22.4 Å². The Balaban J connectivity index is 2.30. The zero-order valence-corrected chi connectivity index (χ0v) is 11.8. The molecule has 22 heavy (non-hydrogen) atoms. The number of Topliss-reactive ketones (excluding diaryl/α,β-unsaturated/α-hetero) is 1. The zero-order chi connectivity index (χ0) is 15.3. The summed E-state index contributed by atoms with van der Waals surface area (Å²) >= 11 is 0. The van der Waals surface area contributed by atoms with Gasteiger partial charge in [0.1, 0.15) is 11.2 Å². The minimum Gasteiger partial charge on any atom is -0.453 e. The highest BCUT2D eigenvalue weighted by Gasteiger charge is 2.19. The van der Waals surface area contributed by atoms with Crippen LogP contribution in [0.4, 0.5) is 0 Å². The molecule has 0 radical (unpaired) electrons. The fourth-order valence-electron chi connectivity index (χ4n) is 2.76. The van der Waals surface area contributed by atoms with E-state index in [1.807, 2.05) is 18.2 Å². The normalized spacial score (nSPS) is 11.3. The van der Waals surface area contributed by atoms with Crippen LogP contribution in [0.2, 0.25) is 0 Å². The van der Waals surface area contributed by atoms with Gasteiger partial charge in [-0.1, -0.05) is 30.3 Å². The number of fused-ring (bicyclic) bond motifs is 4. The molecule has 0 saturated carbocycles. The Morgan fingerprint density at radius 2 is 1.91 bits per heavy atom. The fraction of sp³-hybridized carbons (Fsp3) is 0.0556. The van der Waals surface area contributed by atoms with E-state index >= 15 is 0 Å². The van der Waals surface area contributed by atoms with Crippen molar-refractivity contribution in [3.8, 4) is 11.5 Å². The smallest absolute Gasteiger partial charge is 0.190 e. The van der Waals surface area contributed by atoms with E-state index in [0.717, 1.165) is 0 Å². The number of nitrogens with zero attached hydrogens (tertiary/aromatic N) is 1. The van der Waals surface area contributed by atoms with Crippen LogP contribution >= 0.6 is 0 Å². The molecule has 4 rings (SSSR count). The Hall–Kier alpha value is -3.01. The number of carbonyl (C=O) groups is 1. The van der Waals surface area contributed by atoms with E-state index in [1.165, 1.54) is 13.0 Å². The van der Waals surface area contributed by atoms with Crippen molar-refractivity contribution >= 4 is 27.7 Å². The Labute approximate surface area is 125 Å². The van der Waals surface area contributed by atoms with Crippen LogP contribution in [0.15, 0.2) is 57.7 Å². The van der Waals surface area contributed by atoms with Crippen LogP contribution in [0.25, 0.3) is 33.3 Å². The number of ketones is 1. The van der Waals surface area contributed by atoms with Crippen molar-refractivity contribution in [3.63, 3.8) is 0 Å². The highest BCUT2D eigenvalue weighted by molar-refractivity contribution is 6.11. The van der Waals surface area contributed by atoms with Gasteiger partial charge < -0.3 is 4.42 Å². The summed E-state index contributed by atoms with van der Waals surface area (Å²) in [6.07, 6.45) is 0. The van der Waals surface area contributed by atoms with E-state index in [1.54, 1.807) is 24.3 Å². The van der Waals surface area contributed by atoms with Crippen molar-refractivity contribution in [1.82, 2.24) is 4.98 Å². The number of benzene rings is 3. The number of carbonyl (C=O) groups excluding carboxylic acids is 1.